The highest BCUT2D eigenvalue weighted by molar-refractivity contribution is 6.30. The molecule has 2 saturated heterocycles. The molecule has 8 heteroatoms. The van der Waals surface area contributed by atoms with Gasteiger partial charge >= 0.3 is 0 Å². The van der Waals surface area contributed by atoms with E-state index in [1.165, 1.54) is 4.90 Å². The van der Waals surface area contributed by atoms with Crippen LogP contribution in [0.1, 0.15) is 11.6 Å². The summed E-state index contributed by atoms with van der Waals surface area (Å²) in [5, 5.41) is 2.25. The summed E-state index contributed by atoms with van der Waals surface area (Å²) in [6, 6.07) is 21.5. The number of imide groups is 1. The van der Waals surface area contributed by atoms with Crippen molar-refractivity contribution >= 4 is 40.5 Å². The molecule has 2 heterocycles. The fraction of sp³-hybridized carbons (Fsp3) is 0.231. The summed E-state index contributed by atoms with van der Waals surface area (Å²) in [5.41, 5.74) is 3.13. The van der Waals surface area contributed by atoms with Crippen molar-refractivity contribution in [1.82, 2.24) is 0 Å². The molecule has 0 bridgehead atoms. The lowest BCUT2D eigenvalue weighted by atomic mass is 9.90. The van der Waals surface area contributed by atoms with Crippen LogP contribution < -0.4 is 19.6 Å². The van der Waals surface area contributed by atoms with Gasteiger partial charge in [0.15, 0.2) is 6.10 Å². The first kappa shape index (κ1) is 22.3. The van der Waals surface area contributed by atoms with Gasteiger partial charge in [0.1, 0.15) is 11.7 Å². The van der Waals surface area contributed by atoms with Crippen molar-refractivity contribution in [2.45, 2.75) is 12.1 Å². The van der Waals surface area contributed by atoms with Crippen LogP contribution >= 0.6 is 11.6 Å². The van der Waals surface area contributed by atoms with Gasteiger partial charge in [0, 0.05) is 24.8 Å². The summed E-state index contributed by atoms with van der Waals surface area (Å²) in [7, 11) is 5.50. The van der Waals surface area contributed by atoms with Crippen LogP contribution in [0.15, 0.2) is 72.8 Å². The Balaban J connectivity index is 1.55. The molecule has 0 N–H and O–H groups in total. The van der Waals surface area contributed by atoms with Gasteiger partial charge in [-0.15, -0.1) is 0 Å². The third-order valence-corrected chi connectivity index (χ3v) is 6.53. The van der Waals surface area contributed by atoms with Gasteiger partial charge < -0.3 is 9.64 Å². The average Bonchev–Trinajstić information content (AvgIpc) is 3.35. The summed E-state index contributed by atoms with van der Waals surface area (Å²) in [4.78, 5) is 36.5. The molecule has 3 aromatic rings. The number of carbonyl (C=O) groups is 2. The molecule has 0 radical (unpaired) electrons. The number of nitrogens with zero attached hydrogens (tertiary/aromatic N) is 3. The minimum Gasteiger partial charge on any atom is -0.497 e. The van der Waals surface area contributed by atoms with E-state index in [0.717, 1.165) is 16.9 Å². The molecule has 2 aliphatic heterocycles. The Labute approximate surface area is 203 Å². The lowest BCUT2D eigenvalue weighted by Crippen LogP contribution is -2.37. The predicted octanol–water partition coefficient (Wildman–Crippen LogP) is 4.47. The van der Waals surface area contributed by atoms with Gasteiger partial charge in [-0.25, -0.2) is 9.96 Å². The van der Waals surface area contributed by atoms with Crippen LogP contribution in [-0.2, 0) is 14.4 Å². The Morgan fingerprint density at radius 3 is 2.06 bits per heavy atom. The Kier molecular flexibility index (Phi) is 5.67. The zero-order chi connectivity index (χ0) is 24.0. The number of halogens is 1. The van der Waals surface area contributed by atoms with E-state index in [1.807, 2.05) is 55.4 Å². The largest absolute Gasteiger partial charge is 0.497 e. The van der Waals surface area contributed by atoms with Crippen molar-refractivity contribution in [2.24, 2.45) is 5.92 Å². The number of hydrogen-bond donors (Lipinski definition) is 0. The van der Waals surface area contributed by atoms with Crippen molar-refractivity contribution in [3.8, 4) is 5.75 Å². The number of anilines is 3. The Hall–Kier alpha value is -3.55. The minimum atomic E-state index is -0.927. The standard InChI is InChI=1S/C26H24ClN3O4/c1-28(2)18-8-4-16(5-9-18)23-22-24(34-30(23)20-10-6-17(27)7-11-20)26(32)29(25(22)31)19-12-14-21(33-3)15-13-19/h4-15,22-24H,1-3H3. The third-order valence-electron chi connectivity index (χ3n) is 6.28. The highest BCUT2D eigenvalue weighted by atomic mass is 35.5. The second kappa shape index (κ2) is 8.66. The molecule has 0 spiro atoms. The van der Waals surface area contributed by atoms with E-state index in [9.17, 15) is 9.59 Å². The van der Waals surface area contributed by atoms with Gasteiger partial charge in [-0.2, -0.15) is 0 Å². The summed E-state index contributed by atoms with van der Waals surface area (Å²) in [5.74, 6) is -0.729. The predicted molar refractivity (Wildman–Crippen MR) is 131 cm³/mol. The zero-order valence-electron chi connectivity index (χ0n) is 19.0. The van der Waals surface area contributed by atoms with Crippen molar-refractivity contribution in [1.29, 1.82) is 0 Å². The normalized spacial score (nSPS) is 21.7. The maximum absolute atomic E-state index is 13.7. The zero-order valence-corrected chi connectivity index (χ0v) is 19.8. The maximum Gasteiger partial charge on any atom is 0.266 e. The number of methoxy groups -OCH3 is 1. The van der Waals surface area contributed by atoms with Gasteiger partial charge in [-0.05, 0) is 66.2 Å². The number of carbonyl (C=O) groups excluding carboxylic acids is 2. The third kappa shape index (κ3) is 3.67. The topological polar surface area (TPSA) is 62.3 Å². The number of hydrogen-bond acceptors (Lipinski definition) is 6. The lowest BCUT2D eigenvalue weighted by molar-refractivity contribution is -0.126. The van der Waals surface area contributed by atoms with E-state index in [2.05, 4.69) is 0 Å². The average molecular weight is 478 g/mol. The first-order valence-electron chi connectivity index (χ1n) is 10.9. The molecule has 2 aliphatic rings. The van der Waals surface area contributed by atoms with Gasteiger partial charge in [-0.3, -0.25) is 14.4 Å². The first-order chi connectivity index (χ1) is 16.4. The van der Waals surface area contributed by atoms with Crippen molar-refractivity contribution in [2.75, 3.05) is 36.1 Å². The highest BCUT2D eigenvalue weighted by Gasteiger charge is 2.60. The summed E-state index contributed by atoms with van der Waals surface area (Å²) >= 11 is 6.08. The van der Waals surface area contributed by atoms with Crippen LogP contribution in [0.3, 0.4) is 0 Å². The molecule has 3 unspecified atom stereocenters. The number of amides is 2. The summed E-state index contributed by atoms with van der Waals surface area (Å²) in [6.07, 6.45) is -0.927. The Bertz CT molecular complexity index is 1210. The number of fused-ring (bicyclic) bond motifs is 1. The fourth-order valence-electron chi connectivity index (χ4n) is 4.52. The molecule has 2 amide bonds. The molecule has 3 aromatic carbocycles. The molecule has 5 rings (SSSR count). The fourth-order valence-corrected chi connectivity index (χ4v) is 4.65. The smallest absolute Gasteiger partial charge is 0.266 e. The van der Waals surface area contributed by atoms with Gasteiger partial charge in [0.05, 0.1) is 24.5 Å². The van der Waals surface area contributed by atoms with E-state index in [-0.39, 0.29) is 11.8 Å². The van der Waals surface area contributed by atoms with Crippen LogP contribution in [0, 0.1) is 5.92 Å². The quantitative estimate of drug-likeness (QED) is 0.505. The molecule has 174 valence electrons. The first-order valence-corrected chi connectivity index (χ1v) is 11.3. The van der Waals surface area contributed by atoms with Gasteiger partial charge in [-0.1, -0.05) is 23.7 Å². The minimum absolute atomic E-state index is 0.293. The number of benzene rings is 3. The number of ether oxygens (including phenoxy) is 1. The van der Waals surface area contributed by atoms with Crippen LogP contribution in [-0.4, -0.2) is 39.1 Å². The molecule has 0 aliphatic carbocycles. The van der Waals surface area contributed by atoms with Crippen LogP contribution in [0.25, 0.3) is 0 Å². The highest BCUT2D eigenvalue weighted by Crippen LogP contribution is 2.48. The monoisotopic (exact) mass is 477 g/mol. The van der Waals surface area contributed by atoms with E-state index in [0.29, 0.717) is 16.5 Å². The van der Waals surface area contributed by atoms with E-state index in [1.54, 1.807) is 48.6 Å². The molecule has 7 nitrogen and oxygen atoms in total. The molecular formula is C26H24ClN3O4. The summed E-state index contributed by atoms with van der Waals surface area (Å²) < 4.78 is 5.20. The molecular weight excluding hydrogens is 454 g/mol. The van der Waals surface area contributed by atoms with Gasteiger partial charge in [0.25, 0.3) is 5.91 Å². The van der Waals surface area contributed by atoms with Gasteiger partial charge in [0.2, 0.25) is 5.91 Å². The summed E-state index contributed by atoms with van der Waals surface area (Å²) in [6.45, 7) is 0. The molecule has 34 heavy (non-hydrogen) atoms. The maximum atomic E-state index is 13.7. The molecule has 3 atom stereocenters. The van der Waals surface area contributed by atoms with Crippen molar-refractivity contribution in [3.05, 3.63) is 83.4 Å². The van der Waals surface area contributed by atoms with Crippen LogP contribution in [0.5, 0.6) is 5.75 Å². The Morgan fingerprint density at radius 1 is 0.853 bits per heavy atom. The second-order valence-electron chi connectivity index (χ2n) is 8.49. The van der Waals surface area contributed by atoms with Crippen molar-refractivity contribution < 1.29 is 19.2 Å². The SMILES string of the molecule is COc1ccc(N2C(=O)C3ON(c4ccc(Cl)cc4)C(c4ccc(N(C)C)cc4)C3C2=O)cc1. The molecule has 0 aromatic heterocycles. The van der Waals surface area contributed by atoms with Crippen LogP contribution in [0.2, 0.25) is 5.02 Å². The van der Waals surface area contributed by atoms with E-state index in [4.69, 9.17) is 21.2 Å². The molecule has 0 saturated carbocycles. The van der Waals surface area contributed by atoms with E-state index >= 15 is 0 Å². The van der Waals surface area contributed by atoms with Crippen molar-refractivity contribution in [3.63, 3.8) is 0 Å². The second-order valence-corrected chi connectivity index (χ2v) is 8.93. The molecule has 2 fully saturated rings. The van der Waals surface area contributed by atoms with E-state index < -0.39 is 18.1 Å². The van der Waals surface area contributed by atoms with Crippen LogP contribution in [0.4, 0.5) is 17.1 Å². The Morgan fingerprint density at radius 2 is 1.47 bits per heavy atom. The number of rotatable bonds is 5. The lowest BCUT2D eigenvalue weighted by Gasteiger charge is -2.29. The number of hydroxylamine groups is 1.